The minimum atomic E-state index is -0.352. The van der Waals surface area contributed by atoms with Crippen LogP contribution in [0.15, 0.2) is 12.7 Å². The summed E-state index contributed by atoms with van der Waals surface area (Å²) >= 11 is 1.72. The molecule has 1 saturated heterocycles. The van der Waals surface area contributed by atoms with E-state index in [1.165, 1.54) is 0 Å². The molecule has 2 atom stereocenters. The lowest BCUT2D eigenvalue weighted by Gasteiger charge is -2.37. The van der Waals surface area contributed by atoms with Gasteiger partial charge in [0.25, 0.3) is 0 Å². The molecule has 2 unspecified atom stereocenters. The summed E-state index contributed by atoms with van der Waals surface area (Å²) in [5.41, 5.74) is 0. The molecule has 0 aromatic heterocycles. The first-order chi connectivity index (χ1) is 8.61. The molecular weight excluding hydrogens is 248 g/mol. The lowest BCUT2D eigenvalue weighted by Crippen LogP contribution is -2.62. The van der Waals surface area contributed by atoms with E-state index in [-0.39, 0.29) is 23.9 Å². The van der Waals surface area contributed by atoms with E-state index >= 15 is 0 Å². The van der Waals surface area contributed by atoms with E-state index in [2.05, 4.69) is 11.9 Å². The molecule has 0 aromatic rings. The Labute approximate surface area is 113 Å². The Morgan fingerprint density at radius 3 is 2.83 bits per heavy atom. The molecular formula is C13H22N2O2S. The van der Waals surface area contributed by atoms with Crippen LogP contribution in [0.3, 0.4) is 0 Å². The van der Waals surface area contributed by atoms with Crippen LogP contribution >= 0.6 is 11.8 Å². The molecule has 1 aliphatic heterocycles. The molecule has 0 aliphatic carbocycles. The van der Waals surface area contributed by atoms with Crippen molar-refractivity contribution in [1.29, 1.82) is 0 Å². The Bertz CT molecular complexity index is 320. The van der Waals surface area contributed by atoms with Gasteiger partial charge in [0.1, 0.15) is 12.1 Å². The summed E-state index contributed by atoms with van der Waals surface area (Å²) in [6.07, 6.45) is 3.45. The van der Waals surface area contributed by atoms with Crippen LogP contribution in [-0.2, 0) is 9.59 Å². The number of hydrogen-bond acceptors (Lipinski definition) is 3. The maximum Gasteiger partial charge on any atom is 0.245 e. The van der Waals surface area contributed by atoms with E-state index in [9.17, 15) is 9.59 Å². The van der Waals surface area contributed by atoms with E-state index in [1.54, 1.807) is 23.6 Å². The zero-order chi connectivity index (χ0) is 13.5. The minimum Gasteiger partial charge on any atom is -0.343 e. The smallest absolute Gasteiger partial charge is 0.245 e. The predicted octanol–water partition coefficient (Wildman–Crippen LogP) is 1.42. The first kappa shape index (κ1) is 15.1. The number of amides is 2. The average molecular weight is 270 g/mol. The highest BCUT2D eigenvalue weighted by Gasteiger charge is 2.36. The van der Waals surface area contributed by atoms with Crippen molar-refractivity contribution in [2.75, 3.05) is 18.1 Å². The predicted molar refractivity (Wildman–Crippen MR) is 75.5 cm³/mol. The summed E-state index contributed by atoms with van der Waals surface area (Å²) in [6, 6.07) is -0.682. The summed E-state index contributed by atoms with van der Waals surface area (Å²) in [4.78, 5) is 25.7. The van der Waals surface area contributed by atoms with Crippen molar-refractivity contribution in [3.8, 4) is 0 Å². The lowest BCUT2D eigenvalue weighted by atomic mass is 10.0. The van der Waals surface area contributed by atoms with Gasteiger partial charge in [0.2, 0.25) is 11.8 Å². The van der Waals surface area contributed by atoms with Crippen LogP contribution in [0.4, 0.5) is 0 Å². The molecule has 0 spiro atoms. The lowest BCUT2D eigenvalue weighted by molar-refractivity contribution is -0.148. The van der Waals surface area contributed by atoms with Crippen molar-refractivity contribution >= 4 is 23.6 Å². The molecule has 1 rings (SSSR count). The number of piperazine rings is 1. The van der Waals surface area contributed by atoms with E-state index in [0.29, 0.717) is 13.0 Å². The number of hydrogen-bond donors (Lipinski definition) is 1. The molecule has 2 amide bonds. The summed E-state index contributed by atoms with van der Waals surface area (Å²) < 4.78 is 0. The van der Waals surface area contributed by atoms with Crippen LogP contribution in [0.5, 0.6) is 0 Å². The number of thioether (sulfide) groups is 1. The van der Waals surface area contributed by atoms with Crippen molar-refractivity contribution in [3.05, 3.63) is 12.7 Å². The zero-order valence-electron chi connectivity index (χ0n) is 11.1. The van der Waals surface area contributed by atoms with Crippen LogP contribution in [-0.4, -0.2) is 46.8 Å². The Balaban J connectivity index is 2.57. The van der Waals surface area contributed by atoms with Crippen molar-refractivity contribution < 1.29 is 9.59 Å². The van der Waals surface area contributed by atoms with E-state index in [0.717, 1.165) is 17.9 Å². The van der Waals surface area contributed by atoms with Gasteiger partial charge >= 0.3 is 0 Å². The Morgan fingerprint density at radius 2 is 2.22 bits per heavy atom. The number of rotatable bonds is 7. The van der Waals surface area contributed by atoms with Gasteiger partial charge in [-0.2, -0.15) is 11.8 Å². The summed E-state index contributed by atoms with van der Waals surface area (Å²) in [5, 5.41) is 2.80. The largest absolute Gasteiger partial charge is 0.343 e. The molecule has 0 radical (unpaired) electrons. The first-order valence-electron chi connectivity index (χ1n) is 6.41. The average Bonchev–Trinajstić information content (AvgIpc) is 2.35. The Kier molecular flexibility index (Phi) is 6.25. The second kappa shape index (κ2) is 7.46. The van der Waals surface area contributed by atoms with Gasteiger partial charge in [0.05, 0.1) is 0 Å². The molecule has 0 bridgehead atoms. The van der Waals surface area contributed by atoms with Crippen LogP contribution in [0, 0.1) is 0 Å². The van der Waals surface area contributed by atoms with Gasteiger partial charge in [-0.3, -0.25) is 9.59 Å². The van der Waals surface area contributed by atoms with Crippen LogP contribution in [0.25, 0.3) is 0 Å². The van der Waals surface area contributed by atoms with Gasteiger partial charge in [0.15, 0.2) is 0 Å². The summed E-state index contributed by atoms with van der Waals surface area (Å²) in [7, 11) is 0. The Hall–Kier alpha value is -0.970. The number of nitrogens with zero attached hydrogens (tertiary/aromatic N) is 1. The monoisotopic (exact) mass is 270 g/mol. The fourth-order valence-corrected chi connectivity index (χ4v) is 2.66. The molecule has 0 aromatic carbocycles. The van der Waals surface area contributed by atoms with Crippen LogP contribution in [0.1, 0.15) is 26.7 Å². The fraction of sp³-hybridized carbons (Fsp3) is 0.692. The van der Waals surface area contributed by atoms with E-state index in [1.807, 2.05) is 13.0 Å². The molecule has 1 heterocycles. The molecule has 5 heteroatoms. The fourth-order valence-electron chi connectivity index (χ4n) is 2.00. The van der Waals surface area contributed by atoms with Gasteiger partial charge in [-0.25, -0.2) is 0 Å². The zero-order valence-corrected chi connectivity index (χ0v) is 12.0. The quantitative estimate of drug-likeness (QED) is 0.562. The molecule has 18 heavy (non-hydrogen) atoms. The molecule has 4 nitrogen and oxygen atoms in total. The third-order valence-electron chi connectivity index (χ3n) is 3.03. The van der Waals surface area contributed by atoms with E-state index in [4.69, 9.17) is 0 Å². The third kappa shape index (κ3) is 3.77. The summed E-state index contributed by atoms with van der Waals surface area (Å²) in [6.45, 7) is 8.09. The number of carbonyl (C=O) groups is 2. The maximum absolute atomic E-state index is 12.2. The second-order valence-electron chi connectivity index (χ2n) is 4.42. The number of nitrogens with one attached hydrogen (secondary N) is 1. The highest BCUT2D eigenvalue weighted by atomic mass is 32.2. The van der Waals surface area contributed by atoms with Crippen molar-refractivity contribution in [2.45, 2.75) is 38.8 Å². The topological polar surface area (TPSA) is 49.4 Å². The van der Waals surface area contributed by atoms with Crippen LogP contribution < -0.4 is 5.32 Å². The van der Waals surface area contributed by atoms with Crippen molar-refractivity contribution in [2.24, 2.45) is 0 Å². The number of carbonyl (C=O) groups excluding carboxylic acids is 2. The van der Waals surface area contributed by atoms with Crippen molar-refractivity contribution in [1.82, 2.24) is 10.2 Å². The molecule has 1 N–H and O–H groups in total. The maximum atomic E-state index is 12.2. The highest BCUT2D eigenvalue weighted by molar-refractivity contribution is 7.99. The van der Waals surface area contributed by atoms with Gasteiger partial charge in [-0.05, 0) is 13.3 Å². The standard InChI is InChI=1S/C13H22N2O2S/c1-4-6-11-13(17)15(7-9-18-8-5-2)10(3)12(16)14-11/h5,10-11H,2,4,6-9H2,1,3H3,(H,14,16). The molecule has 1 aliphatic rings. The molecule has 1 fully saturated rings. The van der Waals surface area contributed by atoms with Gasteiger partial charge in [0, 0.05) is 18.1 Å². The molecule has 102 valence electrons. The third-order valence-corrected chi connectivity index (χ3v) is 3.98. The van der Waals surface area contributed by atoms with Crippen molar-refractivity contribution in [3.63, 3.8) is 0 Å². The van der Waals surface area contributed by atoms with Gasteiger partial charge < -0.3 is 10.2 Å². The SMILES string of the molecule is C=CCSCCN1C(=O)C(CCC)NC(=O)C1C. The van der Waals surface area contributed by atoms with Crippen LogP contribution in [0.2, 0.25) is 0 Å². The highest BCUT2D eigenvalue weighted by Crippen LogP contribution is 2.14. The summed E-state index contributed by atoms with van der Waals surface area (Å²) in [5.74, 6) is 1.74. The second-order valence-corrected chi connectivity index (χ2v) is 5.57. The van der Waals surface area contributed by atoms with E-state index < -0.39 is 0 Å². The normalized spacial score (nSPS) is 24.0. The van der Waals surface area contributed by atoms with Gasteiger partial charge in [-0.1, -0.05) is 19.4 Å². The molecule has 0 saturated carbocycles. The Morgan fingerprint density at radius 1 is 1.50 bits per heavy atom. The first-order valence-corrected chi connectivity index (χ1v) is 7.56. The minimum absolute atomic E-state index is 0.0400. The van der Waals surface area contributed by atoms with Gasteiger partial charge in [-0.15, -0.1) is 6.58 Å².